The van der Waals surface area contributed by atoms with Crippen LogP contribution in [-0.4, -0.2) is 100 Å². The predicted octanol–water partition coefficient (Wildman–Crippen LogP) is -3.92. The summed E-state index contributed by atoms with van der Waals surface area (Å²) in [7, 11) is 1.08. The van der Waals surface area contributed by atoms with Gasteiger partial charge in [-0.3, -0.25) is 4.79 Å². The molecular formula is C15H23NO11. The lowest BCUT2D eigenvalue weighted by Crippen LogP contribution is -2.66. The summed E-state index contributed by atoms with van der Waals surface area (Å²) in [4.78, 5) is 23.0. The highest BCUT2D eigenvalue weighted by molar-refractivity contribution is 5.86. The molecule has 2 rings (SSSR count). The number of rotatable bonds is 5. The molecule has 2 aliphatic rings. The number of carbonyl (C=O) groups excluding carboxylic acids is 2. The fraction of sp³-hybridized carbons (Fsp3) is 0.733. The fourth-order valence-electron chi connectivity index (χ4n) is 2.76. The molecule has 1 saturated heterocycles. The SMILES string of the molecule is COC(=O)C1=C[C@H](O)[C@@H](O)[C@H](O[C@H]2[C@@H](O)[C@@H](CO)OC(O)[C@@H]2NC(C)=O)O1. The Morgan fingerprint density at radius 2 is 1.89 bits per heavy atom. The summed E-state index contributed by atoms with van der Waals surface area (Å²) < 4.78 is 20.2. The predicted molar refractivity (Wildman–Crippen MR) is 83.4 cm³/mol. The number of aliphatic hydroxyl groups is 5. The first-order chi connectivity index (χ1) is 12.7. The Balaban J connectivity index is 2.24. The highest BCUT2D eigenvalue weighted by Crippen LogP contribution is 2.28. The minimum atomic E-state index is -1.66. The first-order valence-electron chi connectivity index (χ1n) is 8.07. The van der Waals surface area contributed by atoms with Crippen LogP contribution in [0.1, 0.15) is 6.92 Å². The minimum absolute atomic E-state index is 0.433. The normalized spacial score (nSPS) is 39.1. The Morgan fingerprint density at radius 3 is 2.44 bits per heavy atom. The summed E-state index contributed by atoms with van der Waals surface area (Å²) in [6.07, 6.45) is -9.80. The molecule has 0 bridgehead atoms. The quantitative estimate of drug-likeness (QED) is 0.251. The van der Waals surface area contributed by atoms with E-state index in [1.807, 2.05) is 0 Å². The van der Waals surface area contributed by atoms with Gasteiger partial charge in [0.1, 0.15) is 36.6 Å². The summed E-state index contributed by atoms with van der Waals surface area (Å²) in [5, 5.41) is 52.0. The van der Waals surface area contributed by atoms with Gasteiger partial charge in [0.15, 0.2) is 6.29 Å². The second-order valence-corrected chi connectivity index (χ2v) is 6.06. The van der Waals surface area contributed by atoms with Crippen molar-refractivity contribution in [2.75, 3.05) is 13.7 Å². The molecule has 0 aromatic carbocycles. The number of hydrogen-bond acceptors (Lipinski definition) is 11. The van der Waals surface area contributed by atoms with E-state index in [2.05, 4.69) is 10.1 Å². The van der Waals surface area contributed by atoms with Gasteiger partial charge in [-0.15, -0.1) is 0 Å². The van der Waals surface area contributed by atoms with E-state index in [-0.39, 0.29) is 0 Å². The Kier molecular flexibility index (Phi) is 7.11. The first kappa shape index (κ1) is 21.5. The van der Waals surface area contributed by atoms with Crippen LogP contribution in [0, 0.1) is 0 Å². The summed E-state index contributed by atoms with van der Waals surface area (Å²) in [5.41, 5.74) is 0. The van der Waals surface area contributed by atoms with Crippen molar-refractivity contribution >= 4 is 11.9 Å². The maximum absolute atomic E-state index is 11.6. The van der Waals surface area contributed by atoms with Gasteiger partial charge in [-0.25, -0.2) is 4.79 Å². The van der Waals surface area contributed by atoms with Gasteiger partial charge in [0.25, 0.3) is 0 Å². The van der Waals surface area contributed by atoms with Crippen LogP contribution < -0.4 is 5.32 Å². The molecule has 2 heterocycles. The average molecular weight is 393 g/mol. The van der Waals surface area contributed by atoms with Crippen LogP contribution in [0.3, 0.4) is 0 Å². The topological polar surface area (TPSA) is 184 Å². The van der Waals surface area contributed by atoms with E-state index in [4.69, 9.17) is 14.2 Å². The van der Waals surface area contributed by atoms with Crippen LogP contribution in [-0.2, 0) is 28.5 Å². The van der Waals surface area contributed by atoms with Crippen LogP contribution in [0.15, 0.2) is 11.8 Å². The van der Waals surface area contributed by atoms with Gasteiger partial charge in [0, 0.05) is 6.92 Å². The highest BCUT2D eigenvalue weighted by Gasteiger charge is 2.49. The molecule has 12 nitrogen and oxygen atoms in total. The van der Waals surface area contributed by atoms with Gasteiger partial charge in [-0.2, -0.15) is 0 Å². The average Bonchev–Trinajstić information content (AvgIpc) is 2.62. The monoisotopic (exact) mass is 393 g/mol. The van der Waals surface area contributed by atoms with Crippen molar-refractivity contribution in [3.63, 3.8) is 0 Å². The lowest BCUT2D eigenvalue weighted by Gasteiger charge is -2.44. The van der Waals surface area contributed by atoms with Gasteiger partial charge in [-0.1, -0.05) is 0 Å². The molecule has 27 heavy (non-hydrogen) atoms. The molecule has 1 unspecified atom stereocenters. The van der Waals surface area contributed by atoms with Gasteiger partial charge >= 0.3 is 5.97 Å². The largest absolute Gasteiger partial charge is 0.463 e. The Morgan fingerprint density at radius 1 is 1.22 bits per heavy atom. The number of carbonyl (C=O) groups is 2. The molecule has 2 aliphatic heterocycles. The minimum Gasteiger partial charge on any atom is -0.463 e. The van der Waals surface area contributed by atoms with Crippen molar-refractivity contribution in [2.45, 2.75) is 56.1 Å². The van der Waals surface area contributed by atoms with E-state index in [1.165, 1.54) is 0 Å². The highest BCUT2D eigenvalue weighted by atomic mass is 16.7. The molecule has 0 aromatic rings. The third kappa shape index (κ3) is 4.73. The van der Waals surface area contributed by atoms with Crippen LogP contribution in [0.5, 0.6) is 0 Å². The molecule has 0 spiro atoms. The van der Waals surface area contributed by atoms with Crippen LogP contribution in [0.4, 0.5) is 0 Å². The maximum Gasteiger partial charge on any atom is 0.373 e. The standard InChI is InChI=1S/C15H23NO11/c1-5(18)16-9-12(11(21)8(4-17)25-14(9)23)27-15-10(20)6(19)3-7(26-15)13(22)24-2/h3,6,8-12,14-15,17,19-21,23H,4H2,1-2H3,(H,16,18)/t6-,8+,9+,10+,11-,12+,14?,15-/m0/s1. The molecule has 6 N–H and O–H groups in total. The maximum atomic E-state index is 11.6. The van der Waals surface area contributed by atoms with Crippen LogP contribution in [0.25, 0.3) is 0 Å². The number of hydrogen-bond donors (Lipinski definition) is 6. The van der Waals surface area contributed by atoms with Crippen molar-refractivity contribution in [1.82, 2.24) is 5.32 Å². The molecule has 0 radical (unpaired) electrons. The number of esters is 1. The van der Waals surface area contributed by atoms with Gasteiger partial charge in [0.05, 0.1) is 13.7 Å². The van der Waals surface area contributed by atoms with Crippen LogP contribution >= 0.6 is 0 Å². The molecule has 0 saturated carbocycles. The number of amides is 1. The lowest BCUT2D eigenvalue weighted by atomic mass is 9.96. The van der Waals surface area contributed by atoms with E-state index < -0.39 is 73.4 Å². The smallest absolute Gasteiger partial charge is 0.373 e. The molecule has 8 atom stereocenters. The van der Waals surface area contributed by atoms with Crippen molar-refractivity contribution in [2.24, 2.45) is 0 Å². The Labute approximate surface area is 153 Å². The van der Waals surface area contributed by atoms with Gasteiger partial charge < -0.3 is 49.8 Å². The zero-order valence-electron chi connectivity index (χ0n) is 14.6. The zero-order valence-corrected chi connectivity index (χ0v) is 14.6. The van der Waals surface area contributed by atoms with E-state index in [0.717, 1.165) is 20.1 Å². The fourth-order valence-corrected chi connectivity index (χ4v) is 2.76. The molecular weight excluding hydrogens is 370 g/mol. The molecule has 1 amide bonds. The van der Waals surface area contributed by atoms with E-state index >= 15 is 0 Å². The second kappa shape index (κ2) is 8.93. The molecule has 0 aromatic heterocycles. The van der Waals surface area contributed by atoms with E-state index in [9.17, 15) is 35.1 Å². The third-order valence-electron chi connectivity index (χ3n) is 4.11. The molecule has 154 valence electrons. The number of nitrogens with one attached hydrogen (secondary N) is 1. The van der Waals surface area contributed by atoms with Crippen molar-refractivity contribution in [1.29, 1.82) is 0 Å². The lowest BCUT2D eigenvalue weighted by molar-refractivity contribution is -0.302. The number of methoxy groups -OCH3 is 1. The van der Waals surface area contributed by atoms with Gasteiger partial charge in [0.2, 0.25) is 18.0 Å². The summed E-state index contributed by atoms with van der Waals surface area (Å²) in [5.74, 6) is -1.95. The summed E-state index contributed by atoms with van der Waals surface area (Å²) in [6.45, 7) is 0.483. The molecule has 12 heteroatoms. The Bertz CT molecular complexity index is 582. The van der Waals surface area contributed by atoms with E-state index in [1.54, 1.807) is 0 Å². The Hall–Kier alpha value is -1.80. The third-order valence-corrected chi connectivity index (χ3v) is 4.11. The first-order valence-corrected chi connectivity index (χ1v) is 8.07. The number of aliphatic hydroxyl groups excluding tert-OH is 5. The van der Waals surface area contributed by atoms with Crippen molar-refractivity contribution in [3.05, 3.63) is 11.8 Å². The zero-order chi connectivity index (χ0) is 20.3. The van der Waals surface area contributed by atoms with Gasteiger partial charge in [-0.05, 0) is 6.08 Å². The molecule has 1 fully saturated rings. The number of ether oxygens (including phenoxy) is 4. The van der Waals surface area contributed by atoms with Crippen molar-refractivity contribution < 1.29 is 54.1 Å². The molecule has 0 aliphatic carbocycles. The van der Waals surface area contributed by atoms with E-state index in [0.29, 0.717) is 0 Å². The van der Waals surface area contributed by atoms with Crippen LogP contribution in [0.2, 0.25) is 0 Å². The summed E-state index contributed by atoms with van der Waals surface area (Å²) in [6, 6.07) is -1.29. The summed E-state index contributed by atoms with van der Waals surface area (Å²) >= 11 is 0. The second-order valence-electron chi connectivity index (χ2n) is 6.06. The van der Waals surface area contributed by atoms with Crippen molar-refractivity contribution in [3.8, 4) is 0 Å².